The van der Waals surface area contributed by atoms with Gasteiger partial charge in [0.1, 0.15) is 5.82 Å². The molecule has 0 bridgehead atoms. The molecule has 6 nitrogen and oxygen atoms in total. The molecule has 3 N–H and O–H groups in total. The molecule has 1 aliphatic rings. The molecule has 1 atom stereocenters. The molecule has 2 rings (SSSR count). The van der Waals surface area contributed by atoms with Gasteiger partial charge in [-0.1, -0.05) is 12.1 Å². The fraction of sp³-hybridized carbons (Fsp3) is 0.429. The number of carboxylic acids is 2. The molecule has 0 aromatic heterocycles. The number of ether oxygens (including phenoxy) is 1. The van der Waals surface area contributed by atoms with Crippen LogP contribution in [0.5, 0.6) is 0 Å². The van der Waals surface area contributed by atoms with Gasteiger partial charge < -0.3 is 20.3 Å². The van der Waals surface area contributed by atoms with Crippen molar-refractivity contribution in [2.75, 3.05) is 13.2 Å². The maximum absolute atomic E-state index is 12.6. The third-order valence-corrected chi connectivity index (χ3v) is 2.82. The van der Waals surface area contributed by atoms with Crippen LogP contribution in [0.2, 0.25) is 0 Å². The standard InChI is InChI=1S/C12H16FNO.C2H2O4/c13-11-5-3-10(4-6-11)8-14-9-12-2-1-7-15-12;3-1(4)2(5)6/h3-6,12,14H,1-2,7-9H2;(H,3,4)(H,5,6). The number of aliphatic carboxylic acids is 2. The van der Waals surface area contributed by atoms with Gasteiger partial charge in [-0.3, -0.25) is 0 Å². The predicted octanol–water partition coefficient (Wildman–Crippen LogP) is 1.25. The van der Waals surface area contributed by atoms with Crippen LogP contribution in [-0.4, -0.2) is 41.4 Å². The van der Waals surface area contributed by atoms with E-state index in [0.29, 0.717) is 6.10 Å². The highest BCUT2D eigenvalue weighted by molar-refractivity contribution is 6.27. The third-order valence-electron chi connectivity index (χ3n) is 2.82. The van der Waals surface area contributed by atoms with Crippen LogP contribution < -0.4 is 5.32 Å². The van der Waals surface area contributed by atoms with Crippen LogP contribution >= 0.6 is 0 Å². The van der Waals surface area contributed by atoms with Crippen molar-refractivity contribution in [3.63, 3.8) is 0 Å². The minimum atomic E-state index is -1.82. The summed E-state index contributed by atoms with van der Waals surface area (Å²) in [6.07, 6.45) is 2.68. The molecule has 1 aromatic rings. The summed E-state index contributed by atoms with van der Waals surface area (Å²) in [4.78, 5) is 18.2. The second-order valence-electron chi connectivity index (χ2n) is 4.50. The van der Waals surface area contributed by atoms with Gasteiger partial charge in [0, 0.05) is 19.7 Å². The van der Waals surface area contributed by atoms with Crippen molar-refractivity contribution in [3.05, 3.63) is 35.6 Å². The Morgan fingerprint density at radius 2 is 1.86 bits per heavy atom. The van der Waals surface area contributed by atoms with E-state index >= 15 is 0 Å². The summed E-state index contributed by atoms with van der Waals surface area (Å²) < 4.78 is 18.1. The molecule has 1 aromatic carbocycles. The van der Waals surface area contributed by atoms with Gasteiger partial charge in [0.05, 0.1) is 6.10 Å². The number of nitrogens with one attached hydrogen (secondary N) is 1. The zero-order valence-electron chi connectivity index (χ0n) is 11.4. The van der Waals surface area contributed by atoms with E-state index in [1.54, 1.807) is 12.1 Å². The number of benzene rings is 1. The Hall–Kier alpha value is -1.99. The average molecular weight is 299 g/mol. The quantitative estimate of drug-likeness (QED) is 0.724. The maximum atomic E-state index is 12.6. The van der Waals surface area contributed by atoms with Gasteiger partial charge >= 0.3 is 11.9 Å². The monoisotopic (exact) mass is 299 g/mol. The number of halogens is 1. The zero-order chi connectivity index (χ0) is 15.7. The molecule has 0 saturated carbocycles. The van der Waals surface area contributed by atoms with Crippen LogP contribution in [0.3, 0.4) is 0 Å². The fourth-order valence-corrected chi connectivity index (χ4v) is 1.79. The van der Waals surface area contributed by atoms with Gasteiger partial charge in [0.25, 0.3) is 0 Å². The van der Waals surface area contributed by atoms with E-state index in [1.165, 1.54) is 18.6 Å². The highest BCUT2D eigenvalue weighted by atomic mass is 19.1. The molecular weight excluding hydrogens is 281 g/mol. The van der Waals surface area contributed by atoms with E-state index in [-0.39, 0.29) is 5.82 Å². The van der Waals surface area contributed by atoms with E-state index in [9.17, 15) is 4.39 Å². The average Bonchev–Trinajstić information content (AvgIpc) is 2.95. The minimum absolute atomic E-state index is 0.183. The van der Waals surface area contributed by atoms with Crippen molar-refractivity contribution in [2.24, 2.45) is 0 Å². The van der Waals surface area contributed by atoms with Gasteiger partial charge in [-0.15, -0.1) is 0 Å². The van der Waals surface area contributed by atoms with Crippen molar-refractivity contribution in [3.8, 4) is 0 Å². The molecule has 1 saturated heterocycles. The van der Waals surface area contributed by atoms with Crippen molar-refractivity contribution >= 4 is 11.9 Å². The number of carboxylic acid groups (broad SMARTS) is 2. The molecule has 1 aliphatic heterocycles. The first-order chi connectivity index (χ1) is 9.99. The first-order valence-corrected chi connectivity index (χ1v) is 6.52. The number of hydrogen-bond donors (Lipinski definition) is 3. The Morgan fingerprint density at radius 3 is 2.33 bits per heavy atom. The second-order valence-corrected chi connectivity index (χ2v) is 4.50. The van der Waals surface area contributed by atoms with E-state index in [0.717, 1.165) is 31.7 Å². The summed E-state index contributed by atoms with van der Waals surface area (Å²) in [5.41, 5.74) is 1.11. The molecule has 116 valence electrons. The largest absolute Gasteiger partial charge is 0.473 e. The fourth-order valence-electron chi connectivity index (χ4n) is 1.79. The SMILES string of the molecule is Fc1ccc(CNCC2CCCO2)cc1.O=C(O)C(=O)O. The van der Waals surface area contributed by atoms with Crippen molar-refractivity contribution in [2.45, 2.75) is 25.5 Å². The van der Waals surface area contributed by atoms with Crippen LogP contribution in [0.15, 0.2) is 24.3 Å². The normalized spacial score (nSPS) is 16.9. The predicted molar refractivity (Wildman–Crippen MR) is 72.4 cm³/mol. The Bertz CT molecular complexity index is 445. The molecule has 0 amide bonds. The van der Waals surface area contributed by atoms with E-state index < -0.39 is 11.9 Å². The summed E-state index contributed by atoms with van der Waals surface area (Å²) in [6, 6.07) is 6.59. The highest BCUT2D eigenvalue weighted by Crippen LogP contribution is 2.10. The highest BCUT2D eigenvalue weighted by Gasteiger charge is 2.14. The summed E-state index contributed by atoms with van der Waals surface area (Å²) in [6.45, 7) is 2.56. The number of rotatable bonds is 4. The molecule has 1 unspecified atom stereocenters. The van der Waals surface area contributed by atoms with Crippen LogP contribution in [0.4, 0.5) is 4.39 Å². The third kappa shape index (κ3) is 7.38. The van der Waals surface area contributed by atoms with Crippen LogP contribution in [-0.2, 0) is 20.9 Å². The molecular formula is C14H18FNO5. The summed E-state index contributed by atoms with van der Waals surface area (Å²) >= 11 is 0. The van der Waals surface area contributed by atoms with Crippen LogP contribution in [0.25, 0.3) is 0 Å². The topological polar surface area (TPSA) is 95.9 Å². The smallest absolute Gasteiger partial charge is 0.414 e. The summed E-state index contributed by atoms with van der Waals surface area (Å²) in [5.74, 6) is -3.83. The lowest BCUT2D eigenvalue weighted by Crippen LogP contribution is -2.25. The maximum Gasteiger partial charge on any atom is 0.414 e. The Morgan fingerprint density at radius 1 is 1.24 bits per heavy atom. The van der Waals surface area contributed by atoms with Crippen molar-refractivity contribution in [1.29, 1.82) is 0 Å². The van der Waals surface area contributed by atoms with Gasteiger partial charge in [-0.25, -0.2) is 14.0 Å². The minimum Gasteiger partial charge on any atom is -0.473 e. The molecule has 1 heterocycles. The van der Waals surface area contributed by atoms with E-state index in [4.69, 9.17) is 24.5 Å². The van der Waals surface area contributed by atoms with E-state index in [2.05, 4.69) is 5.32 Å². The summed E-state index contributed by atoms with van der Waals surface area (Å²) in [5, 5.41) is 18.1. The van der Waals surface area contributed by atoms with Gasteiger partial charge in [-0.05, 0) is 30.5 Å². The van der Waals surface area contributed by atoms with Crippen molar-refractivity contribution < 1.29 is 28.9 Å². The Kier molecular flexibility index (Phi) is 7.34. The molecule has 0 radical (unpaired) electrons. The molecule has 21 heavy (non-hydrogen) atoms. The van der Waals surface area contributed by atoms with Crippen LogP contribution in [0, 0.1) is 5.82 Å². The first-order valence-electron chi connectivity index (χ1n) is 6.52. The Balaban J connectivity index is 0.000000315. The van der Waals surface area contributed by atoms with Crippen LogP contribution in [0.1, 0.15) is 18.4 Å². The molecule has 7 heteroatoms. The lowest BCUT2D eigenvalue weighted by Gasteiger charge is -2.10. The van der Waals surface area contributed by atoms with Gasteiger partial charge in [0.2, 0.25) is 0 Å². The molecule has 0 aliphatic carbocycles. The number of carbonyl (C=O) groups is 2. The van der Waals surface area contributed by atoms with E-state index in [1.807, 2.05) is 0 Å². The van der Waals surface area contributed by atoms with Crippen molar-refractivity contribution in [1.82, 2.24) is 5.32 Å². The lowest BCUT2D eigenvalue weighted by atomic mass is 10.2. The number of hydrogen-bond acceptors (Lipinski definition) is 4. The second kappa shape index (κ2) is 9.04. The Labute approximate surface area is 121 Å². The lowest BCUT2D eigenvalue weighted by molar-refractivity contribution is -0.159. The first kappa shape index (κ1) is 17.1. The van der Waals surface area contributed by atoms with Gasteiger partial charge in [-0.2, -0.15) is 0 Å². The van der Waals surface area contributed by atoms with Gasteiger partial charge in [0.15, 0.2) is 0 Å². The molecule has 1 fully saturated rings. The zero-order valence-corrected chi connectivity index (χ0v) is 11.4. The molecule has 0 spiro atoms. The summed E-state index contributed by atoms with van der Waals surface area (Å²) in [7, 11) is 0.